The number of amides is 1. The molecule has 1 aromatic rings. The van der Waals surface area contributed by atoms with Gasteiger partial charge in [0.1, 0.15) is 11.9 Å². The number of carbonyl (C=O) groups is 1. The second-order valence-electron chi connectivity index (χ2n) is 4.50. The quantitative estimate of drug-likeness (QED) is 0.567. The zero-order valence-corrected chi connectivity index (χ0v) is 12.1. The molecule has 98 valence electrons. The smallest absolute Gasteiger partial charge is 0.242 e. The van der Waals surface area contributed by atoms with Crippen LogP contribution in [-0.2, 0) is 4.79 Å². The van der Waals surface area contributed by atoms with Crippen LogP contribution >= 0.6 is 22.6 Å². The average molecular weight is 363 g/mol. The van der Waals surface area contributed by atoms with Crippen molar-refractivity contribution in [2.45, 2.75) is 31.8 Å². The molecular weight excluding hydrogens is 348 g/mol. The lowest BCUT2D eigenvalue weighted by Gasteiger charge is -2.17. The van der Waals surface area contributed by atoms with Gasteiger partial charge in [0.2, 0.25) is 5.91 Å². The van der Waals surface area contributed by atoms with Crippen molar-refractivity contribution in [1.82, 2.24) is 5.32 Å². The monoisotopic (exact) mass is 363 g/mol. The molecule has 1 atom stereocenters. The Bertz CT molecular complexity index is 477. The maximum Gasteiger partial charge on any atom is 0.242 e. The number of hydrogen-bond donors (Lipinski definition) is 3. The highest BCUT2D eigenvalue weighted by atomic mass is 127. The van der Waals surface area contributed by atoms with Crippen molar-refractivity contribution in [3.05, 3.63) is 21.5 Å². The van der Waals surface area contributed by atoms with Crippen molar-refractivity contribution in [2.24, 2.45) is 0 Å². The zero-order valence-electron chi connectivity index (χ0n) is 9.97. The first kappa shape index (κ1) is 13.4. The molecule has 0 heterocycles. The molecule has 1 unspecified atom stereocenters. The van der Waals surface area contributed by atoms with Gasteiger partial charge in [0, 0.05) is 12.1 Å². The van der Waals surface area contributed by atoms with Crippen LogP contribution in [0.15, 0.2) is 12.1 Å². The Labute approximate surface area is 119 Å². The van der Waals surface area contributed by atoms with Crippen molar-refractivity contribution in [1.29, 1.82) is 0 Å². The summed E-state index contributed by atoms with van der Waals surface area (Å²) in [5.74, 6) is -0.432. The Morgan fingerprint density at radius 1 is 1.56 bits per heavy atom. The molecule has 6 heteroatoms. The molecule has 2 rings (SSSR count). The van der Waals surface area contributed by atoms with Crippen molar-refractivity contribution >= 4 is 39.9 Å². The summed E-state index contributed by atoms with van der Waals surface area (Å²) in [6.45, 7) is 1.73. The van der Waals surface area contributed by atoms with E-state index in [1.807, 2.05) is 22.6 Å². The molecule has 18 heavy (non-hydrogen) atoms. The number of carbonyl (C=O) groups excluding carboxylic acids is 1. The molecule has 1 aliphatic carbocycles. The van der Waals surface area contributed by atoms with Crippen LogP contribution in [0, 0.1) is 9.39 Å². The van der Waals surface area contributed by atoms with Gasteiger partial charge in [-0.1, -0.05) is 0 Å². The Balaban J connectivity index is 2.03. The average Bonchev–Trinajstić information content (AvgIpc) is 3.09. The molecule has 0 bridgehead atoms. The number of nitrogens with two attached hydrogens (primary N) is 1. The van der Waals surface area contributed by atoms with Gasteiger partial charge < -0.3 is 16.4 Å². The molecule has 0 saturated heterocycles. The fourth-order valence-corrected chi connectivity index (χ4v) is 2.03. The van der Waals surface area contributed by atoms with E-state index in [1.54, 1.807) is 13.0 Å². The highest BCUT2D eigenvalue weighted by molar-refractivity contribution is 14.1. The van der Waals surface area contributed by atoms with Crippen LogP contribution in [0.5, 0.6) is 0 Å². The number of nitrogens with one attached hydrogen (secondary N) is 2. The lowest BCUT2D eigenvalue weighted by Crippen LogP contribution is -2.38. The zero-order chi connectivity index (χ0) is 13.3. The summed E-state index contributed by atoms with van der Waals surface area (Å²) < 4.78 is 13.9. The maximum atomic E-state index is 13.4. The molecule has 0 radical (unpaired) electrons. The lowest BCUT2D eigenvalue weighted by atomic mass is 10.2. The number of benzene rings is 1. The fourth-order valence-electron chi connectivity index (χ4n) is 1.54. The van der Waals surface area contributed by atoms with E-state index in [2.05, 4.69) is 10.6 Å². The molecule has 0 aliphatic heterocycles. The number of rotatable bonds is 4. The second kappa shape index (κ2) is 5.29. The third kappa shape index (κ3) is 3.24. The molecule has 1 amide bonds. The first-order chi connectivity index (χ1) is 8.47. The van der Waals surface area contributed by atoms with Gasteiger partial charge in [-0.2, -0.15) is 0 Å². The van der Waals surface area contributed by atoms with Crippen LogP contribution in [0.2, 0.25) is 0 Å². The highest BCUT2D eigenvalue weighted by Gasteiger charge is 2.25. The normalized spacial score (nSPS) is 16.2. The van der Waals surface area contributed by atoms with Crippen LogP contribution < -0.4 is 16.4 Å². The Morgan fingerprint density at radius 2 is 2.22 bits per heavy atom. The molecule has 0 spiro atoms. The van der Waals surface area contributed by atoms with Crippen LogP contribution in [0.4, 0.5) is 15.8 Å². The van der Waals surface area contributed by atoms with E-state index in [1.165, 1.54) is 6.07 Å². The minimum atomic E-state index is -0.438. The standard InChI is InChI=1S/C12H15FIN3O/c1-6(12(18)17-7-2-3-7)16-11-4-8(13)9(14)5-10(11)15/h4-7,16H,2-3,15H2,1H3,(H,17,18). The number of nitrogen functional groups attached to an aromatic ring is 1. The van der Waals surface area contributed by atoms with Crippen molar-refractivity contribution in [2.75, 3.05) is 11.1 Å². The van der Waals surface area contributed by atoms with Crippen LogP contribution in [-0.4, -0.2) is 18.0 Å². The Kier molecular flexibility index (Phi) is 3.94. The minimum Gasteiger partial charge on any atom is -0.397 e. The first-order valence-electron chi connectivity index (χ1n) is 5.79. The Morgan fingerprint density at radius 3 is 2.83 bits per heavy atom. The molecule has 0 aromatic heterocycles. The van der Waals surface area contributed by atoms with Gasteiger partial charge in [-0.25, -0.2) is 4.39 Å². The topological polar surface area (TPSA) is 67.1 Å². The Hall–Kier alpha value is -1.05. The van der Waals surface area contributed by atoms with Gasteiger partial charge in [-0.3, -0.25) is 4.79 Å². The van der Waals surface area contributed by atoms with E-state index >= 15 is 0 Å². The van der Waals surface area contributed by atoms with Crippen molar-refractivity contribution in [3.63, 3.8) is 0 Å². The summed E-state index contributed by atoms with van der Waals surface area (Å²) in [7, 11) is 0. The number of halogens is 2. The molecule has 4 nitrogen and oxygen atoms in total. The summed E-state index contributed by atoms with van der Waals surface area (Å²) in [5, 5.41) is 5.81. The van der Waals surface area contributed by atoms with Crippen LogP contribution in [0.25, 0.3) is 0 Å². The van der Waals surface area contributed by atoms with Gasteiger partial charge in [-0.15, -0.1) is 0 Å². The van der Waals surface area contributed by atoms with Gasteiger partial charge in [0.25, 0.3) is 0 Å². The lowest BCUT2D eigenvalue weighted by molar-refractivity contribution is -0.121. The van der Waals surface area contributed by atoms with Gasteiger partial charge in [0.15, 0.2) is 0 Å². The van der Waals surface area contributed by atoms with E-state index in [0.29, 0.717) is 21.0 Å². The van der Waals surface area contributed by atoms with Crippen LogP contribution in [0.1, 0.15) is 19.8 Å². The SMILES string of the molecule is CC(Nc1cc(F)c(I)cc1N)C(=O)NC1CC1. The largest absolute Gasteiger partial charge is 0.397 e. The van der Waals surface area contributed by atoms with Gasteiger partial charge in [0.05, 0.1) is 14.9 Å². The maximum absolute atomic E-state index is 13.4. The fraction of sp³-hybridized carbons (Fsp3) is 0.417. The third-order valence-electron chi connectivity index (χ3n) is 2.78. The third-order valence-corrected chi connectivity index (χ3v) is 3.61. The predicted octanol–water partition coefficient (Wildman–Crippen LogP) is 2.09. The first-order valence-corrected chi connectivity index (χ1v) is 6.86. The van der Waals surface area contributed by atoms with E-state index in [-0.39, 0.29) is 11.7 Å². The summed E-state index contributed by atoms with van der Waals surface area (Å²) in [5.41, 5.74) is 6.67. The van der Waals surface area contributed by atoms with E-state index in [9.17, 15) is 9.18 Å². The van der Waals surface area contributed by atoms with E-state index < -0.39 is 6.04 Å². The van der Waals surface area contributed by atoms with Crippen LogP contribution in [0.3, 0.4) is 0 Å². The summed E-state index contributed by atoms with van der Waals surface area (Å²) in [4.78, 5) is 11.8. The molecular formula is C12H15FIN3O. The summed E-state index contributed by atoms with van der Waals surface area (Å²) in [6, 6.07) is 2.74. The highest BCUT2D eigenvalue weighted by Crippen LogP contribution is 2.25. The number of hydrogen-bond acceptors (Lipinski definition) is 3. The second-order valence-corrected chi connectivity index (χ2v) is 5.66. The summed E-state index contributed by atoms with van der Waals surface area (Å²) in [6.07, 6.45) is 2.08. The van der Waals surface area contributed by atoms with E-state index in [0.717, 1.165) is 12.8 Å². The summed E-state index contributed by atoms with van der Waals surface area (Å²) >= 11 is 1.88. The van der Waals surface area contributed by atoms with Gasteiger partial charge >= 0.3 is 0 Å². The molecule has 1 aliphatic rings. The van der Waals surface area contributed by atoms with Gasteiger partial charge in [-0.05, 0) is 48.4 Å². The molecule has 1 saturated carbocycles. The van der Waals surface area contributed by atoms with E-state index in [4.69, 9.17) is 5.73 Å². The number of anilines is 2. The minimum absolute atomic E-state index is 0.0872. The van der Waals surface area contributed by atoms with Crippen molar-refractivity contribution in [3.8, 4) is 0 Å². The predicted molar refractivity (Wildman–Crippen MR) is 77.8 cm³/mol. The molecule has 1 aromatic carbocycles. The molecule has 1 fully saturated rings. The molecule has 4 N–H and O–H groups in total. The van der Waals surface area contributed by atoms with Crippen molar-refractivity contribution < 1.29 is 9.18 Å².